The molecule has 100 valence electrons. The molecule has 0 saturated heterocycles. The minimum absolute atomic E-state index is 0.624. The van der Waals surface area contributed by atoms with Crippen LogP contribution >= 0.6 is 11.6 Å². The molecule has 20 heavy (non-hydrogen) atoms. The Morgan fingerprint density at radius 1 is 1.05 bits per heavy atom. The van der Waals surface area contributed by atoms with E-state index in [1.165, 1.54) is 0 Å². The molecule has 4 N–H and O–H groups in total. The Morgan fingerprint density at radius 3 is 2.65 bits per heavy atom. The van der Waals surface area contributed by atoms with Gasteiger partial charge in [-0.15, -0.1) is 0 Å². The predicted molar refractivity (Wildman–Crippen MR) is 83.2 cm³/mol. The van der Waals surface area contributed by atoms with Gasteiger partial charge in [0.2, 0.25) is 0 Å². The lowest BCUT2D eigenvalue weighted by Gasteiger charge is -2.06. The summed E-state index contributed by atoms with van der Waals surface area (Å²) in [5.41, 5.74) is 9.27. The predicted octanol–water partition coefficient (Wildman–Crippen LogP) is 4.06. The quantitative estimate of drug-likeness (QED) is 0.636. The molecule has 1 heterocycles. The van der Waals surface area contributed by atoms with E-state index >= 15 is 0 Å². The third-order valence-electron chi connectivity index (χ3n) is 2.94. The van der Waals surface area contributed by atoms with E-state index in [0.29, 0.717) is 16.5 Å². The second-order valence-corrected chi connectivity index (χ2v) is 4.83. The Morgan fingerprint density at radius 2 is 1.85 bits per heavy atom. The molecule has 1 aromatic heterocycles. The molecule has 0 unspecified atom stereocenters. The first kappa shape index (κ1) is 12.6. The van der Waals surface area contributed by atoms with Crippen LogP contribution in [0.15, 0.2) is 54.6 Å². The van der Waals surface area contributed by atoms with Gasteiger partial charge in [0.25, 0.3) is 0 Å². The molecule has 4 nitrogen and oxygen atoms in total. The molecule has 0 saturated carbocycles. The fourth-order valence-electron chi connectivity index (χ4n) is 1.93. The summed E-state index contributed by atoms with van der Waals surface area (Å²) in [4.78, 5) is 0. The molecule has 3 rings (SSSR count). The molecule has 0 fully saturated rings. The lowest BCUT2D eigenvalue weighted by atomic mass is 10.1. The Bertz CT molecular complexity index is 722. The maximum Gasteiger partial charge on any atom is 0.152 e. The van der Waals surface area contributed by atoms with Crippen LogP contribution in [-0.2, 0) is 0 Å². The Kier molecular flexibility index (Phi) is 3.31. The summed E-state index contributed by atoms with van der Waals surface area (Å²) in [5.74, 6) is 0.692. The van der Waals surface area contributed by atoms with Gasteiger partial charge in [-0.25, -0.2) is 0 Å². The number of H-pyrrole nitrogens is 1. The van der Waals surface area contributed by atoms with Crippen molar-refractivity contribution in [1.82, 2.24) is 10.2 Å². The van der Waals surface area contributed by atoms with Crippen molar-refractivity contribution in [3.05, 3.63) is 59.6 Å². The van der Waals surface area contributed by atoms with Crippen molar-refractivity contribution < 1.29 is 0 Å². The molecule has 2 aromatic carbocycles. The highest BCUT2D eigenvalue weighted by Crippen LogP contribution is 2.27. The zero-order chi connectivity index (χ0) is 13.9. The number of nitrogens with one attached hydrogen (secondary N) is 2. The number of aromatic nitrogens is 2. The molecule has 0 amide bonds. The monoisotopic (exact) mass is 284 g/mol. The number of hydrogen-bond acceptors (Lipinski definition) is 3. The summed E-state index contributed by atoms with van der Waals surface area (Å²) in [7, 11) is 0. The standard InChI is InChI=1S/C15H13ClN4/c16-11-6-7-12(17)14(8-11)18-15-9-13(19-20-15)10-4-2-1-3-5-10/h1-9H,17H2,(H2,18,19,20). The number of rotatable bonds is 3. The fourth-order valence-corrected chi connectivity index (χ4v) is 2.10. The first-order valence-corrected chi connectivity index (χ1v) is 6.53. The van der Waals surface area contributed by atoms with Crippen LogP contribution in [-0.4, -0.2) is 10.2 Å². The van der Waals surface area contributed by atoms with Crippen LogP contribution in [0.4, 0.5) is 17.2 Å². The van der Waals surface area contributed by atoms with E-state index in [2.05, 4.69) is 15.5 Å². The third kappa shape index (κ3) is 2.60. The second kappa shape index (κ2) is 5.27. The van der Waals surface area contributed by atoms with Crippen LogP contribution < -0.4 is 11.1 Å². The average molecular weight is 285 g/mol. The molecule has 0 aliphatic heterocycles. The van der Waals surface area contributed by atoms with Gasteiger partial charge in [-0.1, -0.05) is 41.9 Å². The van der Waals surface area contributed by atoms with Crippen LogP contribution in [0, 0.1) is 0 Å². The number of nitrogen functional groups attached to an aromatic ring is 1. The maximum absolute atomic E-state index is 5.96. The van der Waals surface area contributed by atoms with E-state index < -0.39 is 0 Å². The number of halogens is 1. The van der Waals surface area contributed by atoms with Crippen molar-refractivity contribution in [1.29, 1.82) is 0 Å². The number of benzene rings is 2. The zero-order valence-corrected chi connectivity index (χ0v) is 11.4. The van der Waals surface area contributed by atoms with Crippen molar-refractivity contribution in [3.63, 3.8) is 0 Å². The van der Waals surface area contributed by atoms with Gasteiger partial charge in [-0.2, -0.15) is 5.10 Å². The SMILES string of the molecule is Nc1ccc(Cl)cc1Nc1cc(-c2ccccc2)[nH]n1. The molecule has 0 atom stereocenters. The van der Waals surface area contributed by atoms with Gasteiger partial charge < -0.3 is 11.1 Å². The van der Waals surface area contributed by atoms with E-state index in [1.54, 1.807) is 18.2 Å². The minimum Gasteiger partial charge on any atom is -0.397 e. The lowest BCUT2D eigenvalue weighted by molar-refractivity contribution is 1.10. The summed E-state index contributed by atoms with van der Waals surface area (Å²) in [5, 5.41) is 11.0. The highest BCUT2D eigenvalue weighted by molar-refractivity contribution is 6.31. The largest absolute Gasteiger partial charge is 0.397 e. The van der Waals surface area contributed by atoms with Gasteiger partial charge in [0.15, 0.2) is 5.82 Å². The van der Waals surface area contributed by atoms with Gasteiger partial charge in [0.1, 0.15) is 0 Å². The summed E-state index contributed by atoms with van der Waals surface area (Å²) in [6.45, 7) is 0. The number of hydrogen-bond donors (Lipinski definition) is 3. The average Bonchev–Trinajstić information content (AvgIpc) is 2.92. The van der Waals surface area contributed by atoms with Crippen molar-refractivity contribution >= 4 is 28.8 Å². The van der Waals surface area contributed by atoms with E-state index in [1.807, 2.05) is 36.4 Å². The first-order valence-electron chi connectivity index (χ1n) is 6.15. The van der Waals surface area contributed by atoms with Crippen LogP contribution in [0.2, 0.25) is 5.02 Å². The second-order valence-electron chi connectivity index (χ2n) is 4.39. The normalized spacial score (nSPS) is 10.4. The molecule has 0 bridgehead atoms. The fraction of sp³-hybridized carbons (Fsp3) is 0. The van der Waals surface area contributed by atoms with E-state index in [0.717, 1.165) is 16.9 Å². The Hall–Kier alpha value is -2.46. The first-order chi connectivity index (χ1) is 9.72. The molecule has 0 radical (unpaired) electrons. The smallest absolute Gasteiger partial charge is 0.152 e. The van der Waals surface area contributed by atoms with Crippen molar-refractivity contribution in [2.75, 3.05) is 11.1 Å². The van der Waals surface area contributed by atoms with E-state index in [-0.39, 0.29) is 0 Å². The van der Waals surface area contributed by atoms with E-state index in [4.69, 9.17) is 17.3 Å². The topological polar surface area (TPSA) is 66.7 Å². The molecule has 3 aromatic rings. The Labute approximate surface area is 121 Å². The summed E-state index contributed by atoms with van der Waals surface area (Å²) >= 11 is 5.96. The highest BCUT2D eigenvalue weighted by Gasteiger charge is 2.05. The number of nitrogens with zero attached hydrogens (tertiary/aromatic N) is 1. The molecular weight excluding hydrogens is 272 g/mol. The van der Waals surface area contributed by atoms with Crippen LogP contribution in [0.5, 0.6) is 0 Å². The summed E-state index contributed by atoms with van der Waals surface area (Å²) in [6.07, 6.45) is 0. The highest BCUT2D eigenvalue weighted by atomic mass is 35.5. The maximum atomic E-state index is 5.96. The van der Waals surface area contributed by atoms with Crippen molar-refractivity contribution in [2.45, 2.75) is 0 Å². The van der Waals surface area contributed by atoms with Crippen molar-refractivity contribution in [2.24, 2.45) is 0 Å². The summed E-state index contributed by atoms with van der Waals surface area (Å²) in [6, 6.07) is 17.2. The van der Waals surface area contributed by atoms with Crippen molar-refractivity contribution in [3.8, 4) is 11.3 Å². The Balaban J connectivity index is 1.86. The molecular formula is C15H13ClN4. The van der Waals surface area contributed by atoms with Gasteiger partial charge >= 0.3 is 0 Å². The third-order valence-corrected chi connectivity index (χ3v) is 3.18. The number of nitrogens with two attached hydrogens (primary N) is 1. The number of anilines is 3. The van der Waals surface area contributed by atoms with Gasteiger partial charge in [-0.3, -0.25) is 5.10 Å². The van der Waals surface area contributed by atoms with Crippen LogP contribution in [0.25, 0.3) is 11.3 Å². The van der Waals surface area contributed by atoms with E-state index in [9.17, 15) is 0 Å². The summed E-state index contributed by atoms with van der Waals surface area (Å²) < 4.78 is 0. The lowest BCUT2D eigenvalue weighted by Crippen LogP contribution is -1.96. The van der Waals surface area contributed by atoms with Gasteiger partial charge in [0, 0.05) is 11.1 Å². The molecule has 0 spiro atoms. The zero-order valence-electron chi connectivity index (χ0n) is 10.6. The van der Waals surface area contributed by atoms with Crippen LogP contribution in [0.1, 0.15) is 0 Å². The number of aromatic amines is 1. The minimum atomic E-state index is 0.624. The molecule has 5 heteroatoms. The van der Waals surface area contributed by atoms with Gasteiger partial charge in [-0.05, 0) is 23.8 Å². The molecule has 0 aliphatic rings. The molecule has 0 aliphatic carbocycles. The van der Waals surface area contributed by atoms with Crippen LogP contribution in [0.3, 0.4) is 0 Å². The van der Waals surface area contributed by atoms with Gasteiger partial charge in [0.05, 0.1) is 17.1 Å².